The number of hydrogen-bond acceptors (Lipinski definition) is 5. The molecular weight excluding hydrogens is 282 g/mol. The van der Waals surface area contributed by atoms with Gasteiger partial charge in [-0.05, 0) is 31.9 Å². The fourth-order valence-electron chi connectivity index (χ4n) is 3.01. The first-order valence-electron chi connectivity index (χ1n) is 7.69. The Hall–Kier alpha value is -1.40. The van der Waals surface area contributed by atoms with Crippen LogP contribution < -0.4 is 5.32 Å². The van der Waals surface area contributed by atoms with E-state index in [4.69, 9.17) is 0 Å². The van der Waals surface area contributed by atoms with Crippen molar-refractivity contribution >= 4 is 16.5 Å². The summed E-state index contributed by atoms with van der Waals surface area (Å²) in [5.41, 5.74) is 1.19. The number of anilines is 1. The smallest absolute Gasteiger partial charge is 0.182 e. The predicted molar refractivity (Wildman–Crippen MR) is 86.6 cm³/mol. The van der Waals surface area contributed by atoms with Gasteiger partial charge in [-0.3, -0.25) is 9.58 Å². The maximum absolute atomic E-state index is 4.62. The van der Waals surface area contributed by atoms with Crippen LogP contribution in [0.2, 0.25) is 0 Å². The van der Waals surface area contributed by atoms with E-state index in [9.17, 15) is 0 Å². The Morgan fingerprint density at radius 3 is 3.14 bits per heavy atom. The van der Waals surface area contributed by atoms with E-state index in [0.29, 0.717) is 6.04 Å². The van der Waals surface area contributed by atoms with Gasteiger partial charge < -0.3 is 5.32 Å². The summed E-state index contributed by atoms with van der Waals surface area (Å²) in [5.74, 6) is 0. The highest BCUT2D eigenvalue weighted by atomic mass is 32.1. The topological polar surface area (TPSA) is 46.0 Å². The van der Waals surface area contributed by atoms with Gasteiger partial charge in [0, 0.05) is 44.0 Å². The molecule has 1 atom stereocenters. The molecule has 6 heteroatoms. The minimum absolute atomic E-state index is 0.655. The number of piperidine rings is 1. The fraction of sp³-hybridized carbons (Fsp3) is 0.600. The van der Waals surface area contributed by atoms with Crippen molar-refractivity contribution in [1.82, 2.24) is 19.7 Å². The maximum atomic E-state index is 4.62. The quantitative estimate of drug-likeness (QED) is 0.891. The number of likely N-dealkylation sites (tertiary alicyclic amines) is 1. The third-order valence-electron chi connectivity index (χ3n) is 4.13. The van der Waals surface area contributed by atoms with Gasteiger partial charge in [-0.25, -0.2) is 4.98 Å². The zero-order valence-electron chi connectivity index (χ0n) is 12.5. The van der Waals surface area contributed by atoms with E-state index in [1.807, 2.05) is 30.2 Å². The Kier molecular flexibility index (Phi) is 4.87. The largest absolute Gasteiger partial charge is 0.365 e. The third-order valence-corrected chi connectivity index (χ3v) is 5.04. The zero-order valence-corrected chi connectivity index (χ0v) is 13.4. The lowest BCUT2D eigenvalue weighted by Crippen LogP contribution is -2.39. The van der Waals surface area contributed by atoms with E-state index >= 15 is 0 Å². The Morgan fingerprint density at radius 2 is 2.38 bits per heavy atom. The Morgan fingerprint density at radius 1 is 1.43 bits per heavy atom. The van der Waals surface area contributed by atoms with E-state index in [1.165, 1.54) is 37.9 Å². The molecule has 114 valence electrons. The minimum Gasteiger partial charge on any atom is -0.365 e. The van der Waals surface area contributed by atoms with Crippen LogP contribution in [0.3, 0.4) is 0 Å². The number of hydrogen-bond donors (Lipinski definition) is 1. The number of nitrogens with one attached hydrogen (secondary N) is 1. The van der Waals surface area contributed by atoms with Crippen molar-refractivity contribution in [2.24, 2.45) is 0 Å². The van der Waals surface area contributed by atoms with E-state index in [-0.39, 0.29) is 0 Å². The molecule has 1 saturated heterocycles. The van der Waals surface area contributed by atoms with Gasteiger partial charge in [0.05, 0.1) is 5.69 Å². The molecule has 1 N–H and O–H groups in total. The molecular formula is C15H23N5S. The maximum Gasteiger partial charge on any atom is 0.182 e. The van der Waals surface area contributed by atoms with Crippen LogP contribution in [0.4, 0.5) is 5.13 Å². The van der Waals surface area contributed by atoms with E-state index < -0.39 is 0 Å². The first-order chi connectivity index (χ1) is 10.3. The molecule has 0 saturated carbocycles. The first kappa shape index (κ1) is 14.5. The van der Waals surface area contributed by atoms with E-state index in [1.54, 1.807) is 11.3 Å². The molecule has 0 aromatic carbocycles. The SMILES string of the molecule is CNc1nc(CN2CCCC[C@@H]2CCn2cccn2)cs1. The van der Waals surface area contributed by atoms with Crippen LogP contribution >= 0.6 is 11.3 Å². The zero-order chi connectivity index (χ0) is 14.5. The van der Waals surface area contributed by atoms with Crippen LogP contribution in [0, 0.1) is 0 Å². The van der Waals surface area contributed by atoms with Crippen molar-refractivity contribution in [3.63, 3.8) is 0 Å². The van der Waals surface area contributed by atoms with Crippen LogP contribution in [0.1, 0.15) is 31.4 Å². The van der Waals surface area contributed by atoms with Crippen molar-refractivity contribution in [2.75, 3.05) is 18.9 Å². The second-order valence-electron chi connectivity index (χ2n) is 5.57. The van der Waals surface area contributed by atoms with Crippen molar-refractivity contribution in [3.8, 4) is 0 Å². The lowest BCUT2D eigenvalue weighted by atomic mass is 9.99. The standard InChI is InChI=1S/C15H23N5S/c1-16-15-18-13(12-21-15)11-19-8-3-2-5-14(19)6-10-20-9-4-7-17-20/h4,7,9,12,14H,2-3,5-6,8,10-11H2,1H3,(H,16,18)/t14-/m1/s1. The second-order valence-corrected chi connectivity index (χ2v) is 6.43. The molecule has 1 fully saturated rings. The normalized spacial score (nSPS) is 19.8. The molecule has 0 aliphatic carbocycles. The van der Waals surface area contributed by atoms with Crippen LogP contribution in [-0.2, 0) is 13.1 Å². The molecule has 0 spiro atoms. The van der Waals surface area contributed by atoms with Gasteiger partial charge in [0.2, 0.25) is 0 Å². The number of aryl methyl sites for hydroxylation is 1. The Labute approximate surface area is 130 Å². The second kappa shape index (κ2) is 7.04. The number of rotatable bonds is 6. The summed E-state index contributed by atoms with van der Waals surface area (Å²) in [5, 5.41) is 10.6. The molecule has 5 nitrogen and oxygen atoms in total. The van der Waals surface area contributed by atoms with Crippen LogP contribution in [0.25, 0.3) is 0 Å². The van der Waals surface area contributed by atoms with Crippen LogP contribution in [0.15, 0.2) is 23.8 Å². The number of thiazole rings is 1. The van der Waals surface area contributed by atoms with Crippen LogP contribution in [0.5, 0.6) is 0 Å². The lowest BCUT2D eigenvalue weighted by Gasteiger charge is -2.35. The Bertz CT molecular complexity index is 536. The summed E-state index contributed by atoms with van der Waals surface area (Å²) in [4.78, 5) is 7.21. The van der Waals surface area contributed by atoms with Crippen molar-refractivity contribution in [2.45, 2.75) is 44.8 Å². The van der Waals surface area contributed by atoms with E-state index in [2.05, 4.69) is 25.7 Å². The molecule has 3 heterocycles. The highest BCUT2D eigenvalue weighted by Gasteiger charge is 2.23. The number of nitrogens with zero attached hydrogens (tertiary/aromatic N) is 4. The first-order valence-corrected chi connectivity index (χ1v) is 8.57. The average molecular weight is 305 g/mol. The van der Waals surface area contributed by atoms with Crippen molar-refractivity contribution < 1.29 is 0 Å². The molecule has 0 radical (unpaired) electrons. The molecule has 1 aliphatic rings. The lowest BCUT2D eigenvalue weighted by molar-refractivity contribution is 0.126. The van der Waals surface area contributed by atoms with Gasteiger partial charge in [0.25, 0.3) is 0 Å². The highest BCUT2D eigenvalue weighted by molar-refractivity contribution is 7.13. The predicted octanol–water partition coefficient (Wildman–Crippen LogP) is 2.83. The molecule has 1 aliphatic heterocycles. The molecule has 0 amide bonds. The summed E-state index contributed by atoms with van der Waals surface area (Å²) in [6.07, 6.45) is 9.02. The highest BCUT2D eigenvalue weighted by Crippen LogP contribution is 2.24. The summed E-state index contributed by atoms with van der Waals surface area (Å²) in [6.45, 7) is 3.17. The summed E-state index contributed by atoms with van der Waals surface area (Å²) >= 11 is 1.69. The van der Waals surface area contributed by atoms with Gasteiger partial charge in [0.1, 0.15) is 0 Å². The minimum atomic E-state index is 0.655. The average Bonchev–Trinajstić information content (AvgIpc) is 3.17. The van der Waals surface area contributed by atoms with Crippen molar-refractivity contribution in [1.29, 1.82) is 0 Å². The summed E-state index contributed by atoms with van der Waals surface area (Å²) in [6, 6.07) is 2.65. The van der Waals surface area contributed by atoms with Gasteiger partial charge in [-0.15, -0.1) is 11.3 Å². The van der Waals surface area contributed by atoms with Crippen molar-refractivity contribution in [3.05, 3.63) is 29.5 Å². The van der Waals surface area contributed by atoms with Gasteiger partial charge in [-0.1, -0.05) is 6.42 Å². The molecule has 21 heavy (non-hydrogen) atoms. The third kappa shape index (κ3) is 3.83. The Balaban J connectivity index is 1.58. The summed E-state index contributed by atoms with van der Waals surface area (Å²) in [7, 11) is 1.93. The molecule has 0 unspecified atom stereocenters. The van der Waals surface area contributed by atoms with E-state index in [0.717, 1.165) is 18.2 Å². The molecule has 3 rings (SSSR count). The number of aromatic nitrogens is 3. The molecule has 0 bridgehead atoms. The van der Waals surface area contributed by atoms with Crippen LogP contribution in [-0.4, -0.2) is 39.3 Å². The molecule has 2 aromatic heterocycles. The fourth-order valence-corrected chi connectivity index (χ4v) is 3.67. The van der Waals surface area contributed by atoms with Gasteiger partial charge in [-0.2, -0.15) is 5.10 Å². The summed E-state index contributed by atoms with van der Waals surface area (Å²) < 4.78 is 2.04. The van der Waals surface area contributed by atoms with Gasteiger partial charge in [0.15, 0.2) is 5.13 Å². The molecule has 2 aromatic rings. The van der Waals surface area contributed by atoms with Gasteiger partial charge >= 0.3 is 0 Å². The monoisotopic (exact) mass is 305 g/mol.